The fourth-order valence-electron chi connectivity index (χ4n) is 4.38. The van der Waals surface area contributed by atoms with Crippen molar-refractivity contribution in [2.24, 2.45) is 0 Å². The number of pyridine rings is 1. The lowest BCUT2D eigenvalue weighted by Gasteiger charge is -2.26. The normalized spacial score (nSPS) is 15.0. The molecule has 1 fully saturated rings. The smallest absolute Gasteiger partial charge is 0.220 e. The summed E-state index contributed by atoms with van der Waals surface area (Å²) in [4.78, 5) is 18.7. The number of carbonyl (C=O) groups excluding carboxylic acids is 1. The lowest BCUT2D eigenvalue weighted by atomic mass is 10.0. The molecule has 2 N–H and O–H groups in total. The van der Waals surface area contributed by atoms with Crippen LogP contribution in [0.5, 0.6) is 5.75 Å². The number of aliphatic hydroxyl groups excluding tert-OH is 1. The maximum Gasteiger partial charge on any atom is 0.220 e. The molecule has 0 spiro atoms. The highest BCUT2D eigenvalue weighted by Crippen LogP contribution is 2.23. The molecule has 0 bridgehead atoms. The second-order valence-electron chi connectivity index (χ2n) is 9.37. The molecule has 1 aliphatic heterocycles. The molecule has 7 heteroatoms. The van der Waals surface area contributed by atoms with Gasteiger partial charge in [-0.3, -0.25) is 14.7 Å². The number of aliphatic hydroxyl groups is 1. The number of nitrogens with zero attached hydrogens (tertiary/aromatic N) is 2. The molecule has 0 aliphatic carbocycles. The number of aromatic nitrogens is 1. The molecule has 0 saturated carbocycles. The summed E-state index contributed by atoms with van der Waals surface area (Å²) >= 11 is 0. The van der Waals surface area contributed by atoms with Crippen molar-refractivity contribution in [3.8, 4) is 5.75 Å². The van der Waals surface area contributed by atoms with E-state index in [0.717, 1.165) is 79.9 Å². The third kappa shape index (κ3) is 8.59. The fourth-order valence-corrected chi connectivity index (χ4v) is 4.38. The van der Waals surface area contributed by atoms with Crippen LogP contribution in [0.15, 0.2) is 60.9 Å². The number of benzene rings is 2. The first-order valence-electron chi connectivity index (χ1n) is 12.9. The Morgan fingerprint density at radius 2 is 1.92 bits per heavy atom. The van der Waals surface area contributed by atoms with Gasteiger partial charge >= 0.3 is 0 Å². The zero-order valence-electron chi connectivity index (χ0n) is 20.9. The van der Waals surface area contributed by atoms with Crippen molar-refractivity contribution in [1.82, 2.24) is 15.2 Å². The largest absolute Gasteiger partial charge is 0.491 e. The maximum atomic E-state index is 12.2. The van der Waals surface area contributed by atoms with E-state index in [1.165, 1.54) is 0 Å². The Morgan fingerprint density at radius 1 is 1.08 bits per heavy atom. The van der Waals surface area contributed by atoms with Crippen LogP contribution in [-0.4, -0.2) is 73.0 Å². The van der Waals surface area contributed by atoms with Crippen LogP contribution in [0.1, 0.15) is 30.4 Å². The van der Waals surface area contributed by atoms with Crippen molar-refractivity contribution < 1.29 is 19.4 Å². The predicted molar refractivity (Wildman–Crippen MR) is 141 cm³/mol. The van der Waals surface area contributed by atoms with Crippen molar-refractivity contribution in [1.29, 1.82) is 0 Å². The fraction of sp³-hybridized carbons (Fsp3) is 0.448. The molecule has 1 saturated heterocycles. The number of nitrogens with one attached hydrogen (secondary N) is 1. The van der Waals surface area contributed by atoms with E-state index in [0.29, 0.717) is 19.3 Å². The van der Waals surface area contributed by atoms with Gasteiger partial charge < -0.3 is 19.9 Å². The van der Waals surface area contributed by atoms with E-state index in [9.17, 15) is 9.90 Å². The van der Waals surface area contributed by atoms with E-state index >= 15 is 0 Å². The van der Waals surface area contributed by atoms with Gasteiger partial charge in [-0.05, 0) is 72.3 Å². The number of rotatable bonds is 13. The number of ether oxygens (including phenoxy) is 2. The Hall–Kier alpha value is -3.00. The quantitative estimate of drug-likeness (QED) is 0.357. The van der Waals surface area contributed by atoms with Gasteiger partial charge in [0, 0.05) is 38.4 Å². The molecule has 2 heterocycles. The third-order valence-electron chi connectivity index (χ3n) is 6.53. The molecule has 4 rings (SSSR count). The lowest BCUT2D eigenvalue weighted by molar-refractivity contribution is -0.121. The molecule has 36 heavy (non-hydrogen) atoms. The molecule has 3 aromatic rings. The second-order valence-corrected chi connectivity index (χ2v) is 9.37. The topological polar surface area (TPSA) is 83.9 Å². The van der Waals surface area contributed by atoms with E-state index in [-0.39, 0.29) is 12.5 Å². The van der Waals surface area contributed by atoms with Crippen LogP contribution in [0.3, 0.4) is 0 Å². The van der Waals surface area contributed by atoms with Crippen molar-refractivity contribution in [2.75, 3.05) is 46.0 Å². The van der Waals surface area contributed by atoms with Gasteiger partial charge in [-0.25, -0.2) is 0 Å². The Bertz CT molecular complexity index is 1090. The highest BCUT2D eigenvalue weighted by atomic mass is 16.5. The second kappa shape index (κ2) is 13.9. The van der Waals surface area contributed by atoms with Crippen molar-refractivity contribution >= 4 is 16.7 Å². The molecular formula is C29H37N3O4. The first-order chi connectivity index (χ1) is 17.7. The summed E-state index contributed by atoms with van der Waals surface area (Å²) in [5, 5.41) is 15.5. The number of carbonyl (C=O) groups is 1. The molecule has 1 atom stereocenters. The van der Waals surface area contributed by atoms with Gasteiger partial charge in [0.15, 0.2) is 0 Å². The summed E-state index contributed by atoms with van der Waals surface area (Å²) < 4.78 is 11.2. The summed E-state index contributed by atoms with van der Waals surface area (Å²) in [6.07, 6.45) is 6.61. The molecule has 1 amide bonds. The average Bonchev–Trinajstić information content (AvgIpc) is 2.93. The third-order valence-corrected chi connectivity index (χ3v) is 6.53. The van der Waals surface area contributed by atoms with E-state index in [1.807, 2.05) is 36.5 Å². The minimum atomic E-state index is -0.534. The standard InChI is InChI=1S/C29H37N3O4/c33-27(9-5-24-3-1-12-30-21-24)22-36-28-10-8-25-19-23(4-7-26(25)20-28)6-11-29(34)31-13-2-14-32-15-17-35-18-16-32/h1,3-4,7-8,10,12,19-21,27,33H,2,5-6,9,11,13-18,22H2,(H,31,34)/t27-/m1/s1. The van der Waals surface area contributed by atoms with Gasteiger partial charge in [0.1, 0.15) is 12.4 Å². The van der Waals surface area contributed by atoms with E-state index in [2.05, 4.69) is 33.4 Å². The van der Waals surface area contributed by atoms with Crippen molar-refractivity contribution in [2.45, 2.75) is 38.2 Å². The number of fused-ring (bicyclic) bond motifs is 1. The first kappa shape index (κ1) is 26.1. The minimum Gasteiger partial charge on any atom is -0.491 e. The Kier molecular flexibility index (Phi) is 10.1. The first-order valence-corrected chi connectivity index (χ1v) is 12.9. The molecular weight excluding hydrogens is 454 g/mol. The molecule has 0 radical (unpaired) electrons. The van der Waals surface area contributed by atoms with E-state index in [4.69, 9.17) is 9.47 Å². The summed E-state index contributed by atoms with van der Waals surface area (Å²) in [6.45, 7) is 5.56. The van der Waals surface area contributed by atoms with Gasteiger partial charge in [0.2, 0.25) is 5.91 Å². The zero-order valence-corrected chi connectivity index (χ0v) is 20.9. The number of amides is 1. The van der Waals surface area contributed by atoms with E-state index < -0.39 is 6.10 Å². The van der Waals surface area contributed by atoms with Gasteiger partial charge in [-0.15, -0.1) is 0 Å². The highest BCUT2D eigenvalue weighted by molar-refractivity contribution is 5.84. The van der Waals surface area contributed by atoms with Crippen molar-refractivity contribution in [3.05, 3.63) is 72.1 Å². The van der Waals surface area contributed by atoms with Crippen LogP contribution < -0.4 is 10.1 Å². The van der Waals surface area contributed by atoms with Gasteiger partial charge in [-0.1, -0.05) is 30.3 Å². The molecule has 1 aromatic heterocycles. The highest BCUT2D eigenvalue weighted by Gasteiger charge is 2.10. The van der Waals surface area contributed by atoms with Gasteiger partial charge in [0.05, 0.1) is 19.3 Å². The van der Waals surface area contributed by atoms with Crippen molar-refractivity contribution in [3.63, 3.8) is 0 Å². The Balaban J connectivity index is 1.16. The average molecular weight is 492 g/mol. The molecule has 192 valence electrons. The summed E-state index contributed by atoms with van der Waals surface area (Å²) in [5.41, 5.74) is 2.25. The van der Waals surface area contributed by atoms with Gasteiger partial charge in [0.25, 0.3) is 0 Å². The monoisotopic (exact) mass is 491 g/mol. The zero-order chi connectivity index (χ0) is 25.0. The molecule has 2 aromatic carbocycles. The summed E-state index contributed by atoms with van der Waals surface area (Å²) in [6, 6.07) is 16.1. The SMILES string of the molecule is O=C(CCc1ccc2cc(OC[C@H](O)CCc3cccnc3)ccc2c1)NCCCN1CCOCC1. The predicted octanol–water partition coefficient (Wildman–Crippen LogP) is 3.38. The van der Waals surface area contributed by atoms with Crippen LogP contribution in [-0.2, 0) is 22.4 Å². The van der Waals surface area contributed by atoms with Crippen LogP contribution in [0, 0.1) is 0 Å². The van der Waals surface area contributed by atoms with Crippen LogP contribution in [0.25, 0.3) is 10.8 Å². The molecule has 0 unspecified atom stereocenters. The molecule has 7 nitrogen and oxygen atoms in total. The van der Waals surface area contributed by atoms with Crippen LogP contribution >= 0.6 is 0 Å². The number of hydrogen-bond acceptors (Lipinski definition) is 6. The lowest BCUT2D eigenvalue weighted by Crippen LogP contribution is -2.38. The Morgan fingerprint density at radius 3 is 2.75 bits per heavy atom. The minimum absolute atomic E-state index is 0.0999. The number of hydrogen-bond donors (Lipinski definition) is 2. The van der Waals surface area contributed by atoms with E-state index in [1.54, 1.807) is 6.20 Å². The maximum absolute atomic E-state index is 12.2. The number of aryl methyl sites for hydroxylation is 2. The van der Waals surface area contributed by atoms with Gasteiger partial charge in [-0.2, -0.15) is 0 Å². The van der Waals surface area contributed by atoms with Crippen LogP contribution in [0.4, 0.5) is 0 Å². The Labute approximate surface area is 213 Å². The summed E-state index contributed by atoms with van der Waals surface area (Å²) in [7, 11) is 0. The summed E-state index contributed by atoms with van der Waals surface area (Å²) in [5.74, 6) is 0.843. The van der Waals surface area contributed by atoms with Crippen LogP contribution in [0.2, 0.25) is 0 Å². The molecule has 1 aliphatic rings. The number of morpholine rings is 1.